The first-order valence-electron chi connectivity index (χ1n) is 11.3. The standard InChI is InChI=1S/C15H18FNO2.C9H18/c16-13-2-1-3-14(8-13)17(15(18)19)9-12-7-10-4-5-11(12)6-10;1-2-6-9-7-4-3-5-8-9/h1-3,8,10-12H,4-7,9H2,(H,18,19);9H,2-8H2,1H3. The van der Waals surface area contributed by atoms with Gasteiger partial charge in [-0.3, -0.25) is 4.90 Å². The summed E-state index contributed by atoms with van der Waals surface area (Å²) in [5, 5.41) is 9.35. The van der Waals surface area contributed by atoms with E-state index in [0.29, 0.717) is 24.1 Å². The van der Waals surface area contributed by atoms with Crippen LogP contribution in [-0.2, 0) is 0 Å². The van der Waals surface area contributed by atoms with Crippen molar-refractivity contribution < 1.29 is 14.3 Å². The largest absolute Gasteiger partial charge is 0.465 e. The van der Waals surface area contributed by atoms with Crippen molar-refractivity contribution in [1.29, 1.82) is 0 Å². The summed E-state index contributed by atoms with van der Waals surface area (Å²) < 4.78 is 13.2. The van der Waals surface area contributed by atoms with Crippen LogP contribution in [0.5, 0.6) is 0 Å². The molecule has 4 rings (SSSR count). The van der Waals surface area contributed by atoms with Crippen molar-refractivity contribution in [3.63, 3.8) is 0 Å². The number of carbonyl (C=O) groups is 1. The first-order valence-corrected chi connectivity index (χ1v) is 11.3. The average Bonchev–Trinajstić information content (AvgIpc) is 3.31. The molecule has 0 saturated heterocycles. The van der Waals surface area contributed by atoms with Gasteiger partial charge in [-0.2, -0.15) is 0 Å². The molecule has 0 aliphatic heterocycles. The van der Waals surface area contributed by atoms with Crippen LogP contribution in [0.4, 0.5) is 14.9 Å². The molecule has 0 heterocycles. The molecule has 3 aliphatic carbocycles. The molecule has 1 aromatic carbocycles. The lowest BCUT2D eigenvalue weighted by Gasteiger charge is -2.28. The van der Waals surface area contributed by atoms with E-state index in [4.69, 9.17) is 0 Å². The van der Waals surface area contributed by atoms with Gasteiger partial charge in [-0.15, -0.1) is 0 Å². The lowest BCUT2D eigenvalue weighted by molar-refractivity contribution is 0.198. The van der Waals surface area contributed by atoms with Gasteiger partial charge >= 0.3 is 6.09 Å². The molecule has 3 aliphatic rings. The van der Waals surface area contributed by atoms with Gasteiger partial charge in [0.1, 0.15) is 5.82 Å². The minimum atomic E-state index is -0.992. The quantitative estimate of drug-likeness (QED) is 0.583. The van der Waals surface area contributed by atoms with E-state index in [1.165, 1.54) is 81.2 Å². The van der Waals surface area contributed by atoms with Crippen molar-refractivity contribution in [2.75, 3.05) is 11.4 Å². The van der Waals surface area contributed by atoms with E-state index in [1.54, 1.807) is 12.1 Å². The first-order chi connectivity index (χ1) is 13.6. The van der Waals surface area contributed by atoms with E-state index in [0.717, 1.165) is 18.3 Å². The second-order valence-electron chi connectivity index (χ2n) is 9.10. The number of anilines is 1. The average molecular weight is 390 g/mol. The summed E-state index contributed by atoms with van der Waals surface area (Å²) in [4.78, 5) is 12.7. The SMILES string of the molecule is CCCC1CCCCC1.O=C(O)N(CC1CC2CCC1C2)c1cccc(F)c1. The molecule has 3 fully saturated rings. The number of benzene rings is 1. The van der Waals surface area contributed by atoms with Gasteiger partial charge in [-0.25, -0.2) is 9.18 Å². The van der Waals surface area contributed by atoms with E-state index in [9.17, 15) is 14.3 Å². The van der Waals surface area contributed by atoms with Crippen LogP contribution in [-0.4, -0.2) is 17.7 Å². The molecule has 28 heavy (non-hydrogen) atoms. The highest BCUT2D eigenvalue weighted by molar-refractivity contribution is 5.85. The van der Waals surface area contributed by atoms with Crippen LogP contribution in [0.15, 0.2) is 24.3 Å². The lowest BCUT2D eigenvalue weighted by Crippen LogP contribution is -2.36. The molecule has 0 aromatic heterocycles. The highest BCUT2D eigenvalue weighted by atomic mass is 19.1. The van der Waals surface area contributed by atoms with Gasteiger partial charge in [0.15, 0.2) is 0 Å². The number of nitrogens with zero attached hydrogens (tertiary/aromatic N) is 1. The molecule has 1 aromatic rings. The molecule has 3 unspecified atom stereocenters. The first kappa shape index (κ1) is 21.1. The van der Waals surface area contributed by atoms with Gasteiger partial charge in [-0.1, -0.05) is 64.4 Å². The van der Waals surface area contributed by atoms with E-state index in [1.807, 2.05) is 0 Å². The minimum Gasteiger partial charge on any atom is -0.465 e. The van der Waals surface area contributed by atoms with E-state index in [-0.39, 0.29) is 0 Å². The number of hydrogen-bond acceptors (Lipinski definition) is 1. The fourth-order valence-corrected chi connectivity index (χ4v) is 5.66. The van der Waals surface area contributed by atoms with Gasteiger partial charge in [0.25, 0.3) is 0 Å². The van der Waals surface area contributed by atoms with Crippen molar-refractivity contribution in [2.24, 2.45) is 23.7 Å². The molecule has 156 valence electrons. The maximum atomic E-state index is 13.2. The predicted octanol–water partition coefficient (Wildman–Crippen LogP) is 7.11. The second kappa shape index (κ2) is 10.3. The van der Waals surface area contributed by atoms with Crippen LogP contribution >= 0.6 is 0 Å². The molecule has 4 heteroatoms. The Kier molecular flexibility index (Phi) is 7.75. The van der Waals surface area contributed by atoms with Crippen molar-refractivity contribution in [3.8, 4) is 0 Å². The Morgan fingerprint density at radius 1 is 1.14 bits per heavy atom. The van der Waals surface area contributed by atoms with Crippen LogP contribution in [0, 0.1) is 29.5 Å². The summed E-state index contributed by atoms with van der Waals surface area (Å²) in [6.07, 6.45) is 14.3. The van der Waals surface area contributed by atoms with Gasteiger partial charge in [0, 0.05) is 12.2 Å². The van der Waals surface area contributed by atoms with Gasteiger partial charge in [0.05, 0.1) is 0 Å². The second-order valence-corrected chi connectivity index (χ2v) is 9.10. The summed E-state index contributed by atoms with van der Waals surface area (Å²) >= 11 is 0. The maximum Gasteiger partial charge on any atom is 0.411 e. The Labute approximate surface area is 169 Å². The minimum absolute atomic E-state index is 0.392. The van der Waals surface area contributed by atoms with Crippen LogP contribution in [0.3, 0.4) is 0 Å². The van der Waals surface area contributed by atoms with E-state index < -0.39 is 11.9 Å². The van der Waals surface area contributed by atoms with Crippen molar-refractivity contribution in [3.05, 3.63) is 30.1 Å². The summed E-state index contributed by atoms with van der Waals surface area (Å²) in [5.41, 5.74) is 0.440. The number of fused-ring (bicyclic) bond motifs is 2. The zero-order chi connectivity index (χ0) is 19.9. The zero-order valence-electron chi connectivity index (χ0n) is 17.3. The summed E-state index contributed by atoms with van der Waals surface area (Å²) in [6, 6.07) is 5.84. The Bertz CT molecular complexity index is 626. The Morgan fingerprint density at radius 3 is 2.50 bits per heavy atom. The number of halogens is 1. The molecule has 3 atom stereocenters. The Balaban J connectivity index is 0.000000211. The highest BCUT2D eigenvalue weighted by Crippen LogP contribution is 2.48. The predicted molar refractivity (Wildman–Crippen MR) is 112 cm³/mol. The lowest BCUT2D eigenvalue weighted by atomic mass is 9.86. The van der Waals surface area contributed by atoms with Crippen molar-refractivity contribution in [2.45, 2.75) is 77.6 Å². The third kappa shape index (κ3) is 5.71. The van der Waals surface area contributed by atoms with Crippen molar-refractivity contribution in [1.82, 2.24) is 0 Å². The molecule has 1 N–H and O–H groups in total. The Hall–Kier alpha value is -1.58. The van der Waals surface area contributed by atoms with E-state index >= 15 is 0 Å². The maximum absolute atomic E-state index is 13.2. The molecule has 1 amide bonds. The number of hydrogen-bond donors (Lipinski definition) is 1. The van der Waals surface area contributed by atoms with Crippen LogP contribution < -0.4 is 4.90 Å². The van der Waals surface area contributed by atoms with E-state index in [2.05, 4.69) is 6.92 Å². The summed E-state index contributed by atoms with van der Waals surface area (Å²) in [7, 11) is 0. The Morgan fingerprint density at radius 2 is 1.93 bits per heavy atom. The fourth-order valence-electron chi connectivity index (χ4n) is 5.66. The fraction of sp³-hybridized carbons (Fsp3) is 0.708. The molecule has 3 nitrogen and oxygen atoms in total. The van der Waals surface area contributed by atoms with Crippen molar-refractivity contribution >= 4 is 11.8 Å². The molecule has 2 bridgehead atoms. The zero-order valence-corrected chi connectivity index (χ0v) is 17.3. The molecule has 3 saturated carbocycles. The topological polar surface area (TPSA) is 40.5 Å². The highest BCUT2D eigenvalue weighted by Gasteiger charge is 2.40. The summed E-state index contributed by atoms with van der Waals surface area (Å²) in [5.74, 6) is 2.61. The number of carboxylic acid groups (broad SMARTS) is 1. The van der Waals surface area contributed by atoms with Crippen LogP contribution in [0.25, 0.3) is 0 Å². The normalized spacial score (nSPS) is 26.6. The molecular formula is C24H36FNO2. The van der Waals surface area contributed by atoms with Gasteiger partial charge < -0.3 is 5.11 Å². The van der Waals surface area contributed by atoms with Gasteiger partial charge in [0.2, 0.25) is 0 Å². The van der Waals surface area contributed by atoms with Gasteiger partial charge in [-0.05, 0) is 61.1 Å². The monoisotopic (exact) mass is 389 g/mol. The third-order valence-electron chi connectivity index (χ3n) is 7.07. The number of rotatable bonds is 5. The molecule has 0 radical (unpaired) electrons. The molecule has 0 spiro atoms. The van der Waals surface area contributed by atoms with Crippen LogP contribution in [0.2, 0.25) is 0 Å². The molecular weight excluding hydrogens is 353 g/mol. The smallest absolute Gasteiger partial charge is 0.411 e. The summed E-state index contributed by atoms with van der Waals surface area (Å²) in [6.45, 7) is 2.80. The van der Waals surface area contributed by atoms with Crippen LogP contribution in [0.1, 0.15) is 77.6 Å². The number of amides is 1. The third-order valence-corrected chi connectivity index (χ3v) is 7.07.